The molecule has 3 heterocycles. The number of anilines is 1. The molecular weight excluding hydrogens is 238 g/mol. The van der Waals surface area contributed by atoms with Crippen LogP contribution in [0.2, 0.25) is 0 Å². The minimum atomic E-state index is 0.462. The Morgan fingerprint density at radius 1 is 1.26 bits per heavy atom. The maximum Gasteiger partial charge on any atom is 0.133 e. The average Bonchev–Trinajstić information content (AvgIpc) is 3.06. The van der Waals surface area contributed by atoms with Crippen molar-refractivity contribution in [1.29, 1.82) is 0 Å². The van der Waals surface area contributed by atoms with Gasteiger partial charge in [-0.05, 0) is 31.7 Å². The highest BCUT2D eigenvalue weighted by molar-refractivity contribution is 5.48. The topological polar surface area (TPSA) is 55.6 Å². The molecule has 2 aromatic rings. The summed E-state index contributed by atoms with van der Waals surface area (Å²) in [4.78, 5) is 8.82. The minimum Gasteiger partial charge on any atom is -0.367 e. The first kappa shape index (κ1) is 11.0. The third-order valence-electron chi connectivity index (χ3n) is 4.17. The number of hydrogen-bond donors (Lipinski definition) is 1. The summed E-state index contributed by atoms with van der Waals surface area (Å²) in [6.07, 6.45) is 9.14. The summed E-state index contributed by atoms with van der Waals surface area (Å²) in [6, 6.07) is 2.57. The van der Waals surface area contributed by atoms with E-state index in [-0.39, 0.29) is 0 Å². The summed E-state index contributed by atoms with van der Waals surface area (Å²) in [6.45, 7) is 0.993. The van der Waals surface area contributed by atoms with Gasteiger partial charge in [-0.25, -0.2) is 9.97 Å². The number of hydrogen-bond acceptors (Lipinski definition) is 4. The molecule has 19 heavy (non-hydrogen) atoms. The van der Waals surface area contributed by atoms with Crippen LogP contribution in [0.1, 0.15) is 29.8 Å². The Balaban J connectivity index is 1.55. The zero-order valence-corrected chi connectivity index (χ0v) is 10.8. The Morgan fingerprint density at radius 3 is 3.26 bits per heavy atom. The van der Waals surface area contributed by atoms with Gasteiger partial charge in [0.05, 0.1) is 0 Å². The van der Waals surface area contributed by atoms with Crippen molar-refractivity contribution in [3.05, 3.63) is 35.5 Å². The van der Waals surface area contributed by atoms with Gasteiger partial charge in [0, 0.05) is 42.2 Å². The molecular formula is C14H17N5. The number of aryl methyl sites for hydroxylation is 2. The smallest absolute Gasteiger partial charge is 0.133 e. The number of nitrogens with one attached hydrogen (secondary N) is 1. The highest BCUT2D eigenvalue weighted by atomic mass is 15.3. The molecule has 1 atom stereocenters. The van der Waals surface area contributed by atoms with Gasteiger partial charge in [-0.3, -0.25) is 4.68 Å². The van der Waals surface area contributed by atoms with Crippen molar-refractivity contribution < 1.29 is 0 Å². The first-order valence-corrected chi connectivity index (χ1v) is 7.00. The largest absolute Gasteiger partial charge is 0.367 e. The van der Waals surface area contributed by atoms with Gasteiger partial charge < -0.3 is 5.32 Å². The van der Waals surface area contributed by atoms with E-state index in [2.05, 4.69) is 31.1 Å². The number of aromatic nitrogens is 4. The van der Waals surface area contributed by atoms with Crippen molar-refractivity contribution >= 4 is 5.82 Å². The zero-order valence-electron chi connectivity index (χ0n) is 10.8. The van der Waals surface area contributed by atoms with E-state index in [1.807, 2.05) is 6.20 Å². The molecule has 0 spiro atoms. The second-order valence-corrected chi connectivity index (χ2v) is 5.38. The van der Waals surface area contributed by atoms with Gasteiger partial charge in [0.25, 0.3) is 0 Å². The Hall–Kier alpha value is -1.91. The van der Waals surface area contributed by atoms with Crippen LogP contribution in [0.5, 0.6) is 0 Å². The van der Waals surface area contributed by atoms with Crippen molar-refractivity contribution in [3.63, 3.8) is 0 Å². The standard InChI is InChI=1S/C14H17N5/c1-2-12-13(3-1)15-9-16-14(12)18-10-5-7-19-11(8-10)4-6-17-19/h4,6,9-10H,1-3,5,7-8H2,(H,15,16,18). The van der Waals surface area contributed by atoms with Crippen LogP contribution in [-0.2, 0) is 25.8 Å². The van der Waals surface area contributed by atoms with E-state index in [0.29, 0.717) is 6.04 Å². The van der Waals surface area contributed by atoms with Gasteiger partial charge in [-0.2, -0.15) is 5.10 Å². The highest BCUT2D eigenvalue weighted by Gasteiger charge is 2.22. The molecule has 0 radical (unpaired) electrons. The van der Waals surface area contributed by atoms with E-state index in [1.165, 1.54) is 23.4 Å². The molecule has 0 saturated heterocycles. The molecule has 5 nitrogen and oxygen atoms in total. The summed E-state index contributed by atoms with van der Waals surface area (Å²) in [5.74, 6) is 1.06. The van der Waals surface area contributed by atoms with Crippen molar-refractivity contribution in [2.75, 3.05) is 5.32 Å². The fourth-order valence-electron chi connectivity index (χ4n) is 3.17. The van der Waals surface area contributed by atoms with Crippen molar-refractivity contribution in [1.82, 2.24) is 19.7 Å². The Bertz CT molecular complexity index is 604. The quantitative estimate of drug-likeness (QED) is 0.885. The van der Waals surface area contributed by atoms with E-state index in [0.717, 1.165) is 38.0 Å². The van der Waals surface area contributed by atoms with E-state index < -0.39 is 0 Å². The first-order chi connectivity index (χ1) is 9.40. The van der Waals surface area contributed by atoms with Crippen LogP contribution in [-0.4, -0.2) is 25.8 Å². The predicted octanol–water partition coefficient (Wildman–Crippen LogP) is 1.59. The third kappa shape index (κ3) is 1.89. The van der Waals surface area contributed by atoms with Gasteiger partial charge in [0.15, 0.2) is 0 Å². The second-order valence-electron chi connectivity index (χ2n) is 5.38. The number of rotatable bonds is 2. The fourth-order valence-corrected chi connectivity index (χ4v) is 3.17. The van der Waals surface area contributed by atoms with E-state index in [9.17, 15) is 0 Å². The van der Waals surface area contributed by atoms with Gasteiger partial charge in [-0.1, -0.05) is 0 Å². The van der Waals surface area contributed by atoms with Gasteiger partial charge in [-0.15, -0.1) is 0 Å². The van der Waals surface area contributed by atoms with Crippen LogP contribution >= 0.6 is 0 Å². The number of nitrogens with zero attached hydrogens (tertiary/aromatic N) is 4. The molecule has 2 aromatic heterocycles. The summed E-state index contributed by atoms with van der Waals surface area (Å²) in [5, 5.41) is 7.94. The van der Waals surface area contributed by atoms with Crippen LogP contribution in [0.25, 0.3) is 0 Å². The van der Waals surface area contributed by atoms with Gasteiger partial charge >= 0.3 is 0 Å². The second kappa shape index (κ2) is 4.33. The molecule has 0 fully saturated rings. The molecule has 2 aliphatic rings. The lowest BCUT2D eigenvalue weighted by molar-refractivity contribution is 0.454. The zero-order chi connectivity index (χ0) is 12.7. The molecule has 98 valence electrons. The lowest BCUT2D eigenvalue weighted by Crippen LogP contribution is -2.31. The van der Waals surface area contributed by atoms with E-state index in [1.54, 1.807) is 6.33 Å². The summed E-state index contributed by atoms with van der Waals surface area (Å²) >= 11 is 0. The molecule has 0 aromatic carbocycles. The summed E-state index contributed by atoms with van der Waals surface area (Å²) in [5.41, 5.74) is 3.88. The molecule has 5 heteroatoms. The normalized spacial score (nSPS) is 20.9. The maximum atomic E-state index is 4.44. The molecule has 0 bridgehead atoms. The molecule has 0 amide bonds. The van der Waals surface area contributed by atoms with E-state index in [4.69, 9.17) is 0 Å². The lowest BCUT2D eigenvalue weighted by Gasteiger charge is -2.25. The highest BCUT2D eigenvalue weighted by Crippen LogP contribution is 2.27. The SMILES string of the molecule is c1nc2c(c(NC3CCn4nccc4C3)n1)CCC2. The van der Waals surface area contributed by atoms with Crippen LogP contribution in [0.15, 0.2) is 18.6 Å². The Morgan fingerprint density at radius 2 is 2.26 bits per heavy atom. The van der Waals surface area contributed by atoms with Crippen molar-refractivity contribution in [2.24, 2.45) is 0 Å². The Kier molecular flexibility index (Phi) is 2.50. The summed E-state index contributed by atoms with van der Waals surface area (Å²) < 4.78 is 2.10. The molecule has 1 aliphatic heterocycles. The van der Waals surface area contributed by atoms with Crippen LogP contribution < -0.4 is 5.32 Å². The average molecular weight is 255 g/mol. The van der Waals surface area contributed by atoms with Crippen molar-refractivity contribution in [2.45, 2.75) is 44.7 Å². The third-order valence-corrected chi connectivity index (χ3v) is 4.17. The fraction of sp³-hybridized carbons (Fsp3) is 0.500. The molecule has 1 aliphatic carbocycles. The van der Waals surface area contributed by atoms with Gasteiger partial charge in [0.2, 0.25) is 0 Å². The van der Waals surface area contributed by atoms with Crippen molar-refractivity contribution in [3.8, 4) is 0 Å². The maximum absolute atomic E-state index is 4.44. The first-order valence-electron chi connectivity index (χ1n) is 7.00. The summed E-state index contributed by atoms with van der Waals surface area (Å²) in [7, 11) is 0. The number of fused-ring (bicyclic) bond motifs is 2. The van der Waals surface area contributed by atoms with Gasteiger partial charge in [0.1, 0.15) is 12.1 Å². The molecule has 1 unspecified atom stereocenters. The monoisotopic (exact) mass is 255 g/mol. The predicted molar refractivity (Wildman–Crippen MR) is 72.0 cm³/mol. The van der Waals surface area contributed by atoms with Crippen LogP contribution in [0.4, 0.5) is 5.82 Å². The minimum absolute atomic E-state index is 0.462. The molecule has 1 N–H and O–H groups in total. The Labute approximate surface area is 112 Å². The van der Waals surface area contributed by atoms with Crippen LogP contribution in [0, 0.1) is 0 Å². The molecule has 0 saturated carbocycles. The van der Waals surface area contributed by atoms with E-state index >= 15 is 0 Å². The molecule has 4 rings (SSSR count). The lowest BCUT2D eigenvalue weighted by atomic mass is 10.0. The van der Waals surface area contributed by atoms with Crippen LogP contribution in [0.3, 0.4) is 0 Å².